The molecule has 0 aliphatic carbocycles. The molecule has 1 aliphatic rings. The number of hydrogen-bond acceptors (Lipinski definition) is 5. The lowest BCUT2D eigenvalue weighted by molar-refractivity contribution is -0.121. The third-order valence-electron chi connectivity index (χ3n) is 3.92. The molecule has 1 saturated heterocycles. The van der Waals surface area contributed by atoms with Crippen molar-refractivity contribution in [3.05, 3.63) is 16.1 Å². The zero-order chi connectivity index (χ0) is 15.1. The summed E-state index contributed by atoms with van der Waals surface area (Å²) in [5, 5.41) is 6.37. The predicted molar refractivity (Wildman–Crippen MR) is 93.5 cm³/mol. The standard InChI is InChI=1S/C15H26N4OS.ClH/c1-2-15-18-12(11-21-15)10-19-8-4-3-5-13(19)9-17-14(20)6-7-16;/h11,13H,2-10,16H2,1H3,(H,17,20);1H. The SMILES string of the molecule is CCc1nc(CN2CCCCC2CNC(=O)CCN)cs1.Cl. The van der Waals surface area contributed by atoms with E-state index in [1.807, 2.05) is 0 Å². The van der Waals surface area contributed by atoms with Crippen LogP contribution in [0.1, 0.15) is 43.3 Å². The highest BCUT2D eigenvalue weighted by Crippen LogP contribution is 2.20. The Balaban J connectivity index is 0.00000242. The fourth-order valence-electron chi connectivity index (χ4n) is 2.74. The quantitative estimate of drug-likeness (QED) is 0.791. The number of carbonyl (C=O) groups excluding carboxylic acids is 1. The van der Waals surface area contributed by atoms with Crippen LogP contribution in [0.5, 0.6) is 0 Å². The molecule has 126 valence electrons. The van der Waals surface area contributed by atoms with Crippen LogP contribution in [-0.4, -0.2) is 41.5 Å². The molecule has 5 nitrogen and oxygen atoms in total. The first-order chi connectivity index (χ1) is 10.2. The second-order valence-corrected chi connectivity index (χ2v) is 6.49. The number of aryl methyl sites for hydroxylation is 1. The maximum Gasteiger partial charge on any atom is 0.221 e. The van der Waals surface area contributed by atoms with Crippen molar-refractivity contribution in [3.63, 3.8) is 0 Å². The van der Waals surface area contributed by atoms with Gasteiger partial charge in [0.05, 0.1) is 10.7 Å². The minimum Gasteiger partial charge on any atom is -0.354 e. The molecule has 1 atom stereocenters. The number of likely N-dealkylation sites (tertiary alicyclic amines) is 1. The molecule has 22 heavy (non-hydrogen) atoms. The molecule has 0 radical (unpaired) electrons. The average molecular weight is 347 g/mol. The van der Waals surface area contributed by atoms with E-state index in [0.717, 1.165) is 38.2 Å². The summed E-state index contributed by atoms with van der Waals surface area (Å²) in [5.41, 5.74) is 6.57. The van der Waals surface area contributed by atoms with Crippen molar-refractivity contribution < 1.29 is 4.79 Å². The van der Waals surface area contributed by atoms with E-state index < -0.39 is 0 Å². The Kier molecular flexibility index (Phi) is 8.93. The summed E-state index contributed by atoms with van der Waals surface area (Å²) in [4.78, 5) is 18.7. The summed E-state index contributed by atoms with van der Waals surface area (Å²) in [6.07, 6.45) is 5.04. The van der Waals surface area contributed by atoms with Crippen molar-refractivity contribution in [1.82, 2.24) is 15.2 Å². The third-order valence-corrected chi connectivity index (χ3v) is 4.96. The zero-order valence-electron chi connectivity index (χ0n) is 13.2. The third kappa shape index (κ3) is 5.83. The average Bonchev–Trinajstić information content (AvgIpc) is 2.94. The van der Waals surface area contributed by atoms with Crippen LogP contribution in [0.25, 0.3) is 0 Å². The van der Waals surface area contributed by atoms with Crippen molar-refractivity contribution in [2.45, 2.75) is 51.6 Å². The van der Waals surface area contributed by atoms with Gasteiger partial charge in [-0.05, 0) is 25.8 Å². The van der Waals surface area contributed by atoms with Gasteiger partial charge in [-0.2, -0.15) is 0 Å². The number of piperidine rings is 1. The van der Waals surface area contributed by atoms with Crippen LogP contribution in [0.3, 0.4) is 0 Å². The van der Waals surface area contributed by atoms with Crippen LogP contribution in [0.4, 0.5) is 0 Å². The maximum atomic E-state index is 11.6. The molecule has 0 saturated carbocycles. The van der Waals surface area contributed by atoms with E-state index in [-0.39, 0.29) is 18.3 Å². The van der Waals surface area contributed by atoms with Crippen LogP contribution >= 0.6 is 23.7 Å². The lowest BCUT2D eigenvalue weighted by Gasteiger charge is -2.35. The van der Waals surface area contributed by atoms with Gasteiger partial charge in [-0.1, -0.05) is 13.3 Å². The molecular formula is C15H27ClN4OS. The molecule has 1 aromatic rings. The summed E-state index contributed by atoms with van der Waals surface area (Å²) in [6.45, 7) is 5.27. The van der Waals surface area contributed by atoms with Crippen LogP contribution < -0.4 is 11.1 Å². The maximum absolute atomic E-state index is 11.6. The number of nitrogens with one attached hydrogen (secondary N) is 1. The molecule has 7 heteroatoms. The van der Waals surface area contributed by atoms with Gasteiger partial charge in [-0.15, -0.1) is 23.7 Å². The number of rotatable bonds is 7. The second-order valence-electron chi connectivity index (χ2n) is 5.55. The molecular weight excluding hydrogens is 320 g/mol. The van der Waals surface area contributed by atoms with Crippen LogP contribution in [0.15, 0.2) is 5.38 Å². The number of amides is 1. The van der Waals surface area contributed by atoms with E-state index in [0.29, 0.717) is 19.0 Å². The van der Waals surface area contributed by atoms with E-state index in [4.69, 9.17) is 5.73 Å². The molecule has 2 heterocycles. The first kappa shape index (κ1) is 19.4. The van der Waals surface area contributed by atoms with Gasteiger partial charge >= 0.3 is 0 Å². The topological polar surface area (TPSA) is 71.2 Å². The molecule has 2 rings (SSSR count). The van der Waals surface area contributed by atoms with Gasteiger partial charge in [0, 0.05) is 37.5 Å². The summed E-state index contributed by atoms with van der Waals surface area (Å²) >= 11 is 1.74. The molecule has 1 amide bonds. The Labute approximate surface area is 143 Å². The van der Waals surface area contributed by atoms with Crippen molar-refractivity contribution >= 4 is 29.7 Å². The molecule has 1 aromatic heterocycles. The first-order valence-electron chi connectivity index (χ1n) is 7.87. The number of nitrogens with zero attached hydrogens (tertiary/aromatic N) is 2. The Hall–Kier alpha value is -0.690. The molecule has 1 unspecified atom stereocenters. The molecule has 1 aliphatic heterocycles. The molecule has 1 fully saturated rings. The van der Waals surface area contributed by atoms with Gasteiger partial charge in [0.15, 0.2) is 0 Å². The van der Waals surface area contributed by atoms with Crippen molar-refractivity contribution in [1.29, 1.82) is 0 Å². The van der Waals surface area contributed by atoms with Crippen LogP contribution in [-0.2, 0) is 17.8 Å². The summed E-state index contributed by atoms with van der Waals surface area (Å²) < 4.78 is 0. The van der Waals surface area contributed by atoms with E-state index in [1.165, 1.54) is 17.8 Å². The largest absolute Gasteiger partial charge is 0.354 e. The summed E-state index contributed by atoms with van der Waals surface area (Å²) in [6, 6.07) is 0.423. The first-order valence-corrected chi connectivity index (χ1v) is 8.75. The molecule has 3 N–H and O–H groups in total. The number of carbonyl (C=O) groups is 1. The highest BCUT2D eigenvalue weighted by atomic mass is 35.5. The monoisotopic (exact) mass is 346 g/mol. The fraction of sp³-hybridized carbons (Fsp3) is 0.733. The highest BCUT2D eigenvalue weighted by Gasteiger charge is 2.23. The lowest BCUT2D eigenvalue weighted by atomic mass is 10.0. The smallest absolute Gasteiger partial charge is 0.221 e. The second kappa shape index (κ2) is 10.2. The molecule has 0 bridgehead atoms. The van der Waals surface area contributed by atoms with Crippen molar-refractivity contribution in [2.75, 3.05) is 19.6 Å². The zero-order valence-corrected chi connectivity index (χ0v) is 14.8. The normalized spacial score (nSPS) is 18.7. The number of thiazole rings is 1. The van der Waals surface area contributed by atoms with Gasteiger partial charge in [0.2, 0.25) is 5.91 Å². The lowest BCUT2D eigenvalue weighted by Crippen LogP contribution is -2.46. The van der Waals surface area contributed by atoms with Crippen LogP contribution in [0, 0.1) is 0 Å². The van der Waals surface area contributed by atoms with Gasteiger partial charge < -0.3 is 11.1 Å². The Morgan fingerprint density at radius 2 is 2.36 bits per heavy atom. The summed E-state index contributed by atoms with van der Waals surface area (Å²) in [7, 11) is 0. The number of aromatic nitrogens is 1. The van der Waals surface area contributed by atoms with Crippen LogP contribution in [0.2, 0.25) is 0 Å². The predicted octanol–water partition coefficient (Wildman–Crippen LogP) is 1.95. The van der Waals surface area contributed by atoms with Gasteiger partial charge in [0.1, 0.15) is 0 Å². The fourth-order valence-corrected chi connectivity index (χ4v) is 3.48. The van der Waals surface area contributed by atoms with Gasteiger partial charge in [-0.25, -0.2) is 4.98 Å². The Bertz CT molecular complexity index is 455. The Morgan fingerprint density at radius 1 is 1.55 bits per heavy atom. The highest BCUT2D eigenvalue weighted by molar-refractivity contribution is 7.09. The molecule has 0 aromatic carbocycles. The van der Waals surface area contributed by atoms with Crippen molar-refractivity contribution in [3.8, 4) is 0 Å². The minimum absolute atomic E-state index is 0. The van der Waals surface area contributed by atoms with Gasteiger partial charge in [0.25, 0.3) is 0 Å². The van der Waals surface area contributed by atoms with Gasteiger partial charge in [-0.3, -0.25) is 9.69 Å². The molecule has 0 spiro atoms. The van der Waals surface area contributed by atoms with Crippen molar-refractivity contribution in [2.24, 2.45) is 5.73 Å². The number of nitrogens with two attached hydrogens (primary N) is 1. The minimum atomic E-state index is 0. The number of halogens is 1. The van der Waals surface area contributed by atoms with E-state index in [2.05, 4.69) is 27.5 Å². The van der Waals surface area contributed by atoms with E-state index in [9.17, 15) is 4.79 Å². The number of hydrogen-bond donors (Lipinski definition) is 2. The Morgan fingerprint density at radius 3 is 3.05 bits per heavy atom. The summed E-state index contributed by atoms with van der Waals surface area (Å²) in [5.74, 6) is 0.0601. The van der Waals surface area contributed by atoms with E-state index in [1.54, 1.807) is 11.3 Å². The van der Waals surface area contributed by atoms with E-state index >= 15 is 0 Å².